The normalized spacial score (nSPS) is 22.6. The predicted octanol–water partition coefficient (Wildman–Crippen LogP) is 3.54. The van der Waals surface area contributed by atoms with E-state index in [-0.39, 0.29) is 5.41 Å². The van der Waals surface area contributed by atoms with Crippen molar-refractivity contribution in [3.63, 3.8) is 0 Å². The molecule has 0 bridgehead atoms. The number of rotatable bonds is 1. The third kappa shape index (κ3) is 1.57. The van der Waals surface area contributed by atoms with Crippen LogP contribution in [0, 0.1) is 5.41 Å². The molecule has 1 atom stereocenters. The monoisotopic (exact) mass is 231 g/mol. The largest absolute Gasteiger partial charge is 0.345 e. The van der Waals surface area contributed by atoms with Gasteiger partial charge in [-0.25, -0.2) is 0 Å². The Morgan fingerprint density at radius 3 is 2.76 bits per heavy atom. The molecule has 17 heavy (non-hydrogen) atoms. The van der Waals surface area contributed by atoms with E-state index >= 15 is 0 Å². The lowest BCUT2D eigenvalue weighted by Gasteiger charge is -2.22. The first-order valence-electron chi connectivity index (χ1n) is 6.76. The third-order valence-corrected chi connectivity index (χ3v) is 4.20. The van der Waals surface area contributed by atoms with Crippen LogP contribution in [0.1, 0.15) is 67.8 Å². The van der Waals surface area contributed by atoms with E-state index in [1.165, 1.54) is 30.7 Å². The van der Waals surface area contributed by atoms with Crippen LogP contribution >= 0.6 is 0 Å². The number of aryl methyl sites for hydroxylation is 1. The Bertz CT molecular complexity index is 476. The van der Waals surface area contributed by atoms with Crippen molar-refractivity contribution in [1.82, 2.24) is 4.57 Å². The molecule has 2 aliphatic rings. The van der Waals surface area contributed by atoms with Crippen molar-refractivity contribution in [2.45, 2.75) is 58.9 Å². The van der Waals surface area contributed by atoms with Crippen LogP contribution in [0.4, 0.5) is 0 Å². The van der Waals surface area contributed by atoms with Gasteiger partial charge in [-0.3, -0.25) is 4.79 Å². The Morgan fingerprint density at radius 1 is 1.29 bits per heavy atom. The average Bonchev–Trinajstić information content (AvgIpc) is 2.83. The first-order chi connectivity index (χ1) is 7.98. The molecular formula is C15H21NO. The van der Waals surface area contributed by atoms with E-state index in [0.717, 1.165) is 18.4 Å². The van der Waals surface area contributed by atoms with Crippen molar-refractivity contribution in [2.75, 3.05) is 0 Å². The first-order valence-corrected chi connectivity index (χ1v) is 6.76. The Kier molecular flexibility index (Phi) is 2.26. The van der Waals surface area contributed by atoms with Gasteiger partial charge in [-0.15, -0.1) is 0 Å². The van der Waals surface area contributed by atoms with Crippen LogP contribution < -0.4 is 0 Å². The van der Waals surface area contributed by atoms with E-state index < -0.39 is 0 Å². The third-order valence-electron chi connectivity index (χ3n) is 4.20. The van der Waals surface area contributed by atoms with E-state index in [1.807, 2.05) is 20.8 Å². The van der Waals surface area contributed by atoms with Gasteiger partial charge in [0.1, 0.15) is 0 Å². The molecule has 0 saturated heterocycles. The molecule has 0 aliphatic carbocycles. The molecule has 3 rings (SSSR count). The lowest BCUT2D eigenvalue weighted by Crippen LogP contribution is -2.20. The van der Waals surface area contributed by atoms with Gasteiger partial charge < -0.3 is 4.57 Å². The van der Waals surface area contributed by atoms with Gasteiger partial charge >= 0.3 is 0 Å². The Hall–Kier alpha value is -1.05. The summed E-state index contributed by atoms with van der Waals surface area (Å²) in [6.07, 6.45) is 6.09. The summed E-state index contributed by atoms with van der Waals surface area (Å²) in [6.45, 7) is 6.06. The fourth-order valence-corrected chi connectivity index (χ4v) is 3.35. The van der Waals surface area contributed by atoms with Crippen LogP contribution in [-0.4, -0.2) is 10.4 Å². The SMILES string of the molecule is CC(C)(C)C(=O)c1cc2n3c1CCC3CCC2. The molecule has 2 heteroatoms. The number of hydrogen-bond acceptors (Lipinski definition) is 1. The molecule has 0 aromatic carbocycles. The number of aromatic nitrogens is 1. The van der Waals surface area contributed by atoms with Crippen LogP contribution in [0.3, 0.4) is 0 Å². The topological polar surface area (TPSA) is 22.0 Å². The highest BCUT2D eigenvalue weighted by molar-refractivity contribution is 6.01. The number of nitrogens with zero attached hydrogens (tertiary/aromatic N) is 1. The maximum Gasteiger partial charge on any atom is 0.169 e. The minimum absolute atomic E-state index is 0.258. The van der Waals surface area contributed by atoms with Gasteiger partial charge in [0.05, 0.1) is 0 Å². The molecular weight excluding hydrogens is 210 g/mol. The molecule has 2 aliphatic heterocycles. The maximum absolute atomic E-state index is 12.5. The van der Waals surface area contributed by atoms with E-state index in [2.05, 4.69) is 10.6 Å². The van der Waals surface area contributed by atoms with Gasteiger partial charge in [-0.05, 0) is 38.2 Å². The van der Waals surface area contributed by atoms with Gasteiger partial charge in [0.15, 0.2) is 5.78 Å². The molecule has 1 unspecified atom stereocenters. The van der Waals surface area contributed by atoms with Crippen molar-refractivity contribution >= 4 is 5.78 Å². The van der Waals surface area contributed by atoms with Crippen molar-refractivity contribution in [2.24, 2.45) is 5.41 Å². The van der Waals surface area contributed by atoms with Gasteiger partial charge in [-0.1, -0.05) is 20.8 Å². The standard InChI is InChI=1S/C15H21NO/c1-15(2,3)14(17)12-9-11-6-4-5-10-7-8-13(12)16(10)11/h9-10H,4-8H2,1-3H3. The molecule has 0 saturated carbocycles. The van der Waals surface area contributed by atoms with E-state index in [0.29, 0.717) is 11.8 Å². The predicted molar refractivity (Wildman–Crippen MR) is 68.5 cm³/mol. The second-order valence-electron chi connectivity index (χ2n) is 6.53. The molecule has 0 amide bonds. The minimum atomic E-state index is -0.258. The molecule has 3 heterocycles. The quantitative estimate of drug-likeness (QED) is 0.678. The average molecular weight is 231 g/mol. The highest BCUT2D eigenvalue weighted by Crippen LogP contribution is 2.40. The lowest BCUT2D eigenvalue weighted by molar-refractivity contribution is 0.0857. The highest BCUT2D eigenvalue weighted by atomic mass is 16.1. The van der Waals surface area contributed by atoms with Crippen LogP contribution in [0.2, 0.25) is 0 Å². The summed E-state index contributed by atoms with van der Waals surface area (Å²) in [5.41, 5.74) is 3.48. The first kappa shape index (κ1) is 11.1. The smallest absolute Gasteiger partial charge is 0.169 e. The number of ketones is 1. The summed E-state index contributed by atoms with van der Waals surface area (Å²) in [5.74, 6) is 0.315. The Balaban J connectivity index is 2.09. The minimum Gasteiger partial charge on any atom is -0.345 e. The zero-order chi connectivity index (χ0) is 12.2. The Labute approximate surface area is 103 Å². The number of hydrogen-bond donors (Lipinski definition) is 0. The molecule has 1 aromatic rings. The van der Waals surface area contributed by atoms with Gasteiger partial charge in [-0.2, -0.15) is 0 Å². The summed E-state index contributed by atoms with van der Waals surface area (Å²) in [4.78, 5) is 12.5. The van der Waals surface area contributed by atoms with Crippen LogP contribution in [0.25, 0.3) is 0 Å². The molecule has 2 nitrogen and oxygen atoms in total. The molecule has 92 valence electrons. The molecule has 1 aromatic heterocycles. The summed E-state index contributed by atoms with van der Waals surface area (Å²) < 4.78 is 2.47. The summed E-state index contributed by atoms with van der Waals surface area (Å²) in [5, 5.41) is 0. The fourth-order valence-electron chi connectivity index (χ4n) is 3.35. The van der Waals surface area contributed by atoms with Crippen molar-refractivity contribution < 1.29 is 4.79 Å². The van der Waals surface area contributed by atoms with Crippen LogP contribution in [-0.2, 0) is 12.8 Å². The zero-order valence-corrected chi connectivity index (χ0v) is 11.0. The highest BCUT2D eigenvalue weighted by Gasteiger charge is 2.34. The maximum atomic E-state index is 12.5. The lowest BCUT2D eigenvalue weighted by atomic mass is 9.86. The molecule has 0 spiro atoms. The fraction of sp³-hybridized carbons (Fsp3) is 0.667. The number of carbonyl (C=O) groups excluding carboxylic acids is 1. The van der Waals surface area contributed by atoms with Crippen molar-refractivity contribution in [3.05, 3.63) is 23.0 Å². The van der Waals surface area contributed by atoms with E-state index in [1.54, 1.807) is 0 Å². The summed E-state index contributed by atoms with van der Waals surface area (Å²) in [6, 6.07) is 2.86. The second-order valence-corrected chi connectivity index (χ2v) is 6.53. The Morgan fingerprint density at radius 2 is 2.06 bits per heavy atom. The summed E-state index contributed by atoms with van der Waals surface area (Å²) >= 11 is 0. The van der Waals surface area contributed by atoms with Crippen molar-refractivity contribution in [1.29, 1.82) is 0 Å². The van der Waals surface area contributed by atoms with Gasteiger partial charge in [0, 0.05) is 28.4 Å². The second kappa shape index (κ2) is 3.47. The molecule has 0 N–H and O–H groups in total. The zero-order valence-electron chi connectivity index (χ0n) is 11.0. The summed E-state index contributed by atoms with van der Waals surface area (Å²) in [7, 11) is 0. The van der Waals surface area contributed by atoms with Gasteiger partial charge in [0.25, 0.3) is 0 Å². The van der Waals surface area contributed by atoms with Gasteiger partial charge in [0.2, 0.25) is 0 Å². The van der Waals surface area contributed by atoms with Crippen molar-refractivity contribution in [3.8, 4) is 0 Å². The van der Waals surface area contributed by atoms with E-state index in [9.17, 15) is 4.79 Å². The number of Topliss-reactive ketones (excluding diaryl/α,β-unsaturated/α-hetero) is 1. The van der Waals surface area contributed by atoms with E-state index in [4.69, 9.17) is 0 Å². The molecule has 0 fully saturated rings. The van der Waals surface area contributed by atoms with Crippen LogP contribution in [0.5, 0.6) is 0 Å². The number of carbonyl (C=O) groups is 1. The van der Waals surface area contributed by atoms with Crippen LogP contribution in [0.15, 0.2) is 6.07 Å². The molecule has 0 radical (unpaired) electrons.